The van der Waals surface area contributed by atoms with Gasteiger partial charge in [0.2, 0.25) is 0 Å². The van der Waals surface area contributed by atoms with Gasteiger partial charge in [0, 0.05) is 11.3 Å². The lowest BCUT2D eigenvalue weighted by molar-refractivity contribution is -0.0411. The van der Waals surface area contributed by atoms with Crippen LogP contribution in [0, 0.1) is 17.3 Å². The maximum atomic E-state index is 10.0. The van der Waals surface area contributed by atoms with Crippen LogP contribution in [0.4, 0.5) is 0 Å². The summed E-state index contributed by atoms with van der Waals surface area (Å²) in [7, 11) is 0. The van der Waals surface area contributed by atoms with Crippen molar-refractivity contribution in [1.29, 1.82) is 0 Å². The van der Waals surface area contributed by atoms with E-state index in [9.17, 15) is 10.2 Å². The SMILES string of the molecule is C=CC(C)(C)[C@@H](O)[C@@H](C)[C@@H](O)C(C)C. The largest absolute Gasteiger partial charge is 0.392 e. The van der Waals surface area contributed by atoms with Gasteiger partial charge >= 0.3 is 0 Å². The van der Waals surface area contributed by atoms with E-state index < -0.39 is 12.2 Å². The van der Waals surface area contributed by atoms with Crippen molar-refractivity contribution in [2.45, 2.75) is 46.8 Å². The molecule has 84 valence electrons. The Bertz CT molecular complexity index is 185. The topological polar surface area (TPSA) is 40.5 Å². The van der Waals surface area contributed by atoms with Crippen LogP contribution in [0.3, 0.4) is 0 Å². The highest BCUT2D eigenvalue weighted by Crippen LogP contribution is 2.30. The van der Waals surface area contributed by atoms with Gasteiger partial charge in [-0.05, 0) is 5.92 Å². The molecule has 0 unspecified atom stereocenters. The summed E-state index contributed by atoms with van der Waals surface area (Å²) in [6.07, 6.45) is 0.711. The number of hydrogen-bond acceptors (Lipinski definition) is 2. The van der Waals surface area contributed by atoms with Crippen molar-refractivity contribution >= 4 is 0 Å². The molecule has 3 atom stereocenters. The normalized spacial score (nSPS) is 19.1. The zero-order valence-electron chi connectivity index (χ0n) is 9.99. The van der Waals surface area contributed by atoms with Gasteiger partial charge in [-0.3, -0.25) is 0 Å². The first kappa shape index (κ1) is 13.7. The second-order valence-electron chi connectivity index (χ2n) is 5.06. The molecule has 2 heteroatoms. The van der Waals surface area contributed by atoms with Crippen molar-refractivity contribution in [2.24, 2.45) is 17.3 Å². The minimum Gasteiger partial charge on any atom is -0.392 e. The van der Waals surface area contributed by atoms with Crippen LogP contribution in [-0.2, 0) is 0 Å². The van der Waals surface area contributed by atoms with Gasteiger partial charge in [-0.25, -0.2) is 0 Å². The highest BCUT2D eigenvalue weighted by atomic mass is 16.3. The second kappa shape index (κ2) is 4.94. The average molecular weight is 200 g/mol. The van der Waals surface area contributed by atoms with Crippen molar-refractivity contribution in [3.63, 3.8) is 0 Å². The minimum atomic E-state index is -0.558. The summed E-state index contributed by atoms with van der Waals surface area (Å²) in [6, 6.07) is 0. The summed E-state index contributed by atoms with van der Waals surface area (Å²) in [5.41, 5.74) is -0.352. The Hall–Kier alpha value is -0.340. The van der Waals surface area contributed by atoms with E-state index in [2.05, 4.69) is 6.58 Å². The lowest BCUT2D eigenvalue weighted by atomic mass is 9.76. The van der Waals surface area contributed by atoms with Gasteiger partial charge in [0.25, 0.3) is 0 Å². The maximum absolute atomic E-state index is 10.0. The molecule has 0 aromatic rings. The van der Waals surface area contributed by atoms with E-state index in [0.29, 0.717) is 0 Å². The van der Waals surface area contributed by atoms with Crippen LogP contribution in [0.25, 0.3) is 0 Å². The first-order chi connectivity index (χ1) is 6.24. The molecule has 0 aliphatic carbocycles. The number of hydrogen-bond donors (Lipinski definition) is 2. The fourth-order valence-electron chi connectivity index (χ4n) is 1.59. The first-order valence-corrected chi connectivity index (χ1v) is 5.23. The van der Waals surface area contributed by atoms with Crippen LogP contribution in [0.15, 0.2) is 12.7 Å². The second-order valence-corrected chi connectivity index (χ2v) is 5.06. The van der Waals surface area contributed by atoms with E-state index in [-0.39, 0.29) is 17.3 Å². The van der Waals surface area contributed by atoms with E-state index in [4.69, 9.17) is 0 Å². The summed E-state index contributed by atoms with van der Waals surface area (Å²) in [6.45, 7) is 13.3. The number of rotatable bonds is 5. The van der Waals surface area contributed by atoms with Gasteiger partial charge < -0.3 is 10.2 Å². The fourth-order valence-corrected chi connectivity index (χ4v) is 1.59. The third kappa shape index (κ3) is 3.10. The molecule has 0 aliphatic rings. The molecule has 0 spiro atoms. The summed E-state index contributed by atoms with van der Waals surface area (Å²) in [5, 5.41) is 19.9. The molecule has 0 aromatic heterocycles. The molecule has 0 amide bonds. The molecule has 0 saturated carbocycles. The molecular weight excluding hydrogens is 176 g/mol. The summed E-state index contributed by atoms with van der Waals surface area (Å²) in [4.78, 5) is 0. The molecule has 2 nitrogen and oxygen atoms in total. The van der Waals surface area contributed by atoms with Gasteiger partial charge in [0.15, 0.2) is 0 Å². The number of aliphatic hydroxyl groups is 2. The zero-order valence-corrected chi connectivity index (χ0v) is 9.99. The van der Waals surface area contributed by atoms with Crippen LogP contribution >= 0.6 is 0 Å². The van der Waals surface area contributed by atoms with Crippen LogP contribution in [0.2, 0.25) is 0 Å². The highest BCUT2D eigenvalue weighted by molar-refractivity contribution is 4.96. The molecule has 0 bridgehead atoms. The minimum absolute atomic E-state index is 0.136. The molecule has 0 aromatic carbocycles. The van der Waals surface area contributed by atoms with E-state index >= 15 is 0 Å². The predicted molar refractivity (Wildman–Crippen MR) is 60.0 cm³/mol. The molecule has 0 aliphatic heterocycles. The Morgan fingerprint density at radius 2 is 1.57 bits per heavy atom. The maximum Gasteiger partial charge on any atom is 0.0675 e. The Morgan fingerprint density at radius 3 is 1.86 bits per heavy atom. The van der Waals surface area contributed by atoms with Gasteiger partial charge in [0.1, 0.15) is 0 Å². The monoisotopic (exact) mass is 200 g/mol. The Labute approximate surface area is 87.7 Å². The standard InChI is InChI=1S/C12H24O2/c1-7-12(5,6)11(14)9(4)10(13)8(2)3/h7-11,13-14H,1H2,2-6H3/t9-,10-,11-/m0/s1. The molecule has 2 N–H and O–H groups in total. The van der Waals surface area contributed by atoms with Crippen molar-refractivity contribution < 1.29 is 10.2 Å². The first-order valence-electron chi connectivity index (χ1n) is 5.23. The molecule has 14 heavy (non-hydrogen) atoms. The quantitative estimate of drug-likeness (QED) is 0.668. The van der Waals surface area contributed by atoms with Gasteiger partial charge in [0.05, 0.1) is 12.2 Å². The lowest BCUT2D eigenvalue weighted by Gasteiger charge is -2.35. The summed E-state index contributed by atoms with van der Waals surface area (Å²) < 4.78 is 0. The molecular formula is C12H24O2. The Kier molecular flexibility index (Phi) is 4.82. The smallest absolute Gasteiger partial charge is 0.0675 e. The van der Waals surface area contributed by atoms with Crippen molar-refractivity contribution in [1.82, 2.24) is 0 Å². The Morgan fingerprint density at radius 1 is 1.14 bits per heavy atom. The van der Waals surface area contributed by atoms with Crippen LogP contribution in [-0.4, -0.2) is 22.4 Å². The summed E-state index contributed by atoms with van der Waals surface area (Å²) in [5.74, 6) is 0.0308. The summed E-state index contributed by atoms with van der Waals surface area (Å²) >= 11 is 0. The fraction of sp³-hybridized carbons (Fsp3) is 0.833. The van der Waals surface area contributed by atoms with Crippen molar-refractivity contribution in [3.05, 3.63) is 12.7 Å². The molecule has 0 rings (SSSR count). The van der Waals surface area contributed by atoms with E-state index in [1.54, 1.807) is 6.08 Å². The average Bonchev–Trinajstić information content (AvgIpc) is 2.14. The van der Waals surface area contributed by atoms with Crippen LogP contribution < -0.4 is 0 Å². The van der Waals surface area contributed by atoms with Crippen molar-refractivity contribution in [3.8, 4) is 0 Å². The van der Waals surface area contributed by atoms with E-state index in [1.807, 2.05) is 34.6 Å². The van der Waals surface area contributed by atoms with E-state index in [1.165, 1.54) is 0 Å². The molecule has 0 heterocycles. The highest BCUT2D eigenvalue weighted by Gasteiger charge is 2.33. The van der Waals surface area contributed by atoms with Gasteiger partial charge in [-0.15, -0.1) is 6.58 Å². The Balaban J connectivity index is 4.53. The van der Waals surface area contributed by atoms with Crippen LogP contribution in [0.1, 0.15) is 34.6 Å². The zero-order chi connectivity index (χ0) is 11.5. The number of aliphatic hydroxyl groups excluding tert-OH is 2. The van der Waals surface area contributed by atoms with Gasteiger partial charge in [-0.1, -0.05) is 40.7 Å². The van der Waals surface area contributed by atoms with Crippen LogP contribution in [0.5, 0.6) is 0 Å². The lowest BCUT2D eigenvalue weighted by Crippen LogP contribution is -2.41. The third-order valence-corrected chi connectivity index (χ3v) is 3.01. The molecule has 0 radical (unpaired) electrons. The van der Waals surface area contributed by atoms with Crippen molar-refractivity contribution in [2.75, 3.05) is 0 Å². The van der Waals surface area contributed by atoms with Gasteiger partial charge in [-0.2, -0.15) is 0 Å². The molecule has 0 saturated heterocycles. The van der Waals surface area contributed by atoms with E-state index in [0.717, 1.165) is 0 Å². The predicted octanol–water partition coefficient (Wildman–Crippen LogP) is 2.21. The molecule has 0 fully saturated rings. The third-order valence-electron chi connectivity index (χ3n) is 3.01.